The zero-order valence-corrected chi connectivity index (χ0v) is 20.6. The van der Waals surface area contributed by atoms with Gasteiger partial charge in [-0.15, -0.1) is 0 Å². The summed E-state index contributed by atoms with van der Waals surface area (Å²) in [4.78, 5) is 23.6. The molecule has 4 aromatic rings. The van der Waals surface area contributed by atoms with Crippen LogP contribution >= 0.6 is 11.6 Å². The largest absolute Gasteiger partial charge is 0.494 e. The van der Waals surface area contributed by atoms with E-state index in [0.717, 1.165) is 35.1 Å². The number of aryl methyl sites for hydroxylation is 1. The lowest BCUT2D eigenvalue weighted by Gasteiger charge is -2.09. The molecule has 0 aliphatic heterocycles. The summed E-state index contributed by atoms with van der Waals surface area (Å²) in [6, 6.07) is 21.5. The van der Waals surface area contributed by atoms with Gasteiger partial charge in [0.05, 0.1) is 13.2 Å². The average molecular weight is 504 g/mol. The Morgan fingerprint density at radius 2 is 1.67 bits per heavy atom. The van der Waals surface area contributed by atoms with Crippen LogP contribution in [0.1, 0.15) is 24.0 Å². The molecule has 1 aromatic heterocycles. The van der Waals surface area contributed by atoms with E-state index in [1.54, 1.807) is 36.4 Å². The number of hydrogen-bond donors (Lipinski definition) is 1. The quantitative estimate of drug-likeness (QED) is 0.149. The Morgan fingerprint density at radius 1 is 0.944 bits per heavy atom. The molecule has 0 radical (unpaired) electrons. The summed E-state index contributed by atoms with van der Waals surface area (Å²) in [6.45, 7) is 2.98. The van der Waals surface area contributed by atoms with Gasteiger partial charge in [0, 0.05) is 34.3 Å². The maximum atomic E-state index is 12.1. The van der Waals surface area contributed by atoms with Gasteiger partial charge in [0.2, 0.25) is 5.91 Å². The zero-order chi connectivity index (χ0) is 25.3. The van der Waals surface area contributed by atoms with E-state index in [1.807, 2.05) is 43.3 Å². The number of fused-ring (bicyclic) bond motifs is 1. The van der Waals surface area contributed by atoms with Crippen molar-refractivity contribution in [2.75, 3.05) is 18.5 Å². The smallest absolute Gasteiger partial charge is 0.336 e. The Labute approximate surface area is 214 Å². The van der Waals surface area contributed by atoms with E-state index in [1.165, 1.54) is 12.1 Å². The molecule has 1 N–H and O–H groups in total. The van der Waals surface area contributed by atoms with Gasteiger partial charge >= 0.3 is 5.63 Å². The number of carbonyl (C=O) groups excluding carboxylic acids is 1. The van der Waals surface area contributed by atoms with Gasteiger partial charge in [-0.1, -0.05) is 29.8 Å². The lowest BCUT2D eigenvalue weighted by atomic mass is 10.1. The van der Waals surface area contributed by atoms with Crippen molar-refractivity contribution in [1.82, 2.24) is 0 Å². The van der Waals surface area contributed by atoms with Crippen molar-refractivity contribution in [1.29, 1.82) is 0 Å². The molecule has 3 aromatic carbocycles. The van der Waals surface area contributed by atoms with Gasteiger partial charge in [-0.25, -0.2) is 4.79 Å². The number of ether oxygens (including phenoxy) is 2. The third-order valence-electron chi connectivity index (χ3n) is 5.40. The lowest BCUT2D eigenvalue weighted by Crippen LogP contribution is -2.07. The van der Waals surface area contributed by atoms with Crippen LogP contribution in [0.5, 0.6) is 11.5 Å². The SMILES string of the molecule is Cc1cc(=O)oc2cc(OCCCCOc3ccc(/C=C/C(=O)Nc4cccc(Cl)c4)cc3)ccc12. The Balaban J connectivity index is 1.16. The standard InChI is InChI=1S/C29H26ClNO5/c1-20-17-29(33)36-27-19-25(12-13-26(20)27)35-16-3-2-15-34-24-10-7-21(8-11-24)9-14-28(32)31-23-6-4-5-22(30)18-23/h4-14,17-19H,2-3,15-16H2,1H3,(H,31,32)/b14-9+. The molecular weight excluding hydrogens is 478 g/mol. The van der Waals surface area contributed by atoms with Gasteiger partial charge in [0.1, 0.15) is 17.1 Å². The molecule has 1 heterocycles. The maximum Gasteiger partial charge on any atom is 0.336 e. The predicted octanol–water partition coefficient (Wildman–Crippen LogP) is 6.64. The van der Waals surface area contributed by atoms with Crippen LogP contribution in [0.2, 0.25) is 5.02 Å². The molecule has 0 fully saturated rings. The number of anilines is 1. The Morgan fingerprint density at radius 3 is 2.42 bits per heavy atom. The number of benzene rings is 3. The molecule has 4 rings (SSSR count). The molecule has 36 heavy (non-hydrogen) atoms. The fourth-order valence-electron chi connectivity index (χ4n) is 3.58. The number of amides is 1. The molecule has 0 saturated carbocycles. The van der Waals surface area contributed by atoms with Gasteiger partial charge in [0.25, 0.3) is 0 Å². The van der Waals surface area contributed by atoms with E-state index in [2.05, 4.69) is 5.32 Å². The second-order valence-electron chi connectivity index (χ2n) is 8.21. The van der Waals surface area contributed by atoms with E-state index in [-0.39, 0.29) is 11.5 Å². The van der Waals surface area contributed by atoms with E-state index in [4.69, 9.17) is 25.5 Å². The fourth-order valence-corrected chi connectivity index (χ4v) is 3.77. The molecule has 1 amide bonds. The molecule has 184 valence electrons. The highest BCUT2D eigenvalue weighted by atomic mass is 35.5. The molecule has 0 spiro atoms. The minimum Gasteiger partial charge on any atom is -0.494 e. The molecular formula is C29H26ClNO5. The fraction of sp³-hybridized carbons (Fsp3) is 0.172. The second kappa shape index (κ2) is 12.1. The van der Waals surface area contributed by atoms with Crippen molar-refractivity contribution < 1.29 is 18.7 Å². The van der Waals surface area contributed by atoms with Gasteiger partial charge < -0.3 is 19.2 Å². The maximum absolute atomic E-state index is 12.1. The topological polar surface area (TPSA) is 77.8 Å². The number of hydrogen-bond acceptors (Lipinski definition) is 5. The van der Waals surface area contributed by atoms with Crippen LogP contribution in [0.4, 0.5) is 5.69 Å². The predicted molar refractivity (Wildman–Crippen MR) is 143 cm³/mol. The van der Waals surface area contributed by atoms with Crippen LogP contribution in [0.15, 0.2) is 88.1 Å². The first-order chi connectivity index (χ1) is 17.5. The normalized spacial score (nSPS) is 11.1. The minimum atomic E-state index is -0.363. The van der Waals surface area contributed by atoms with Gasteiger partial charge in [-0.3, -0.25) is 4.79 Å². The number of unbranched alkanes of at least 4 members (excludes halogenated alkanes) is 1. The number of nitrogens with one attached hydrogen (secondary N) is 1. The third-order valence-corrected chi connectivity index (χ3v) is 5.63. The molecule has 0 aliphatic rings. The average Bonchev–Trinajstić information content (AvgIpc) is 2.85. The molecule has 0 bridgehead atoms. The van der Waals surface area contributed by atoms with Crippen LogP contribution < -0.4 is 20.4 Å². The van der Waals surface area contributed by atoms with Crippen LogP contribution in [0.3, 0.4) is 0 Å². The summed E-state index contributed by atoms with van der Waals surface area (Å²) in [6.07, 6.45) is 4.85. The molecule has 0 unspecified atom stereocenters. The van der Waals surface area contributed by atoms with E-state index in [9.17, 15) is 9.59 Å². The summed E-state index contributed by atoms with van der Waals surface area (Å²) < 4.78 is 16.8. The van der Waals surface area contributed by atoms with Gasteiger partial charge in [-0.2, -0.15) is 0 Å². The molecule has 0 aliphatic carbocycles. The first kappa shape index (κ1) is 25.1. The molecule has 6 nitrogen and oxygen atoms in total. The van der Waals surface area contributed by atoms with Gasteiger partial charge in [0.15, 0.2) is 0 Å². The molecule has 7 heteroatoms. The Bertz CT molecular complexity index is 1430. The van der Waals surface area contributed by atoms with Crippen LogP contribution in [-0.4, -0.2) is 19.1 Å². The van der Waals surface area contributed by atoms with Crippen molar-refractivity contribution in [3.63, 3.8) is 0 Å². The number of halogens is 1. The highest BCUT2D eigenvalue weighted by Crippen LogP contribution is 2.22. The highest BCUT2D eigenvalue weighted by Gasteiger charge is 2.04. The van der Waals surface area contributed by atoms with Crippen LogP contribution in [-0.2, 0) is 4.79 Å². The lowest BCUT2D eigenvalue weighted by molar-refractivity contribution is -0.111. The van der Waals surface area contributed by atoms with Crippen molar-refractivity contribution in [2.24, 2.45) is 0 Å². The summed E-state index contributed by atoms with van der Waals surface area (Å²) in [5.74, 6) is 1.20. The van der Waals surface area contributed by atoms with Crippen molar-refractivity contribution in [2.45, 2.75) is 19.8 Å². The Kier molecular flexibility index (Phi) is 8.42. The first-order valence-electron chi connectivity index (χ1n) is 11.6. The number of rotatable bonds is 10. The summed E-state index contributed by atoms with van der Waals surface area (Å²) in [5.41, 5.74) is 2.58. The summed E-state index contributed by atoms with van der Waals surface area (Å²) >= 11 is 5.93. The molecule has 0 saturated heterocycles. The van der Waals surface area contributed by atoms with E-state index in [0.29, 0.717) is 35.3 Å². The van der Waals surface area contributed by atoms with Crippen molar-refractivity contribution in [3.05, 3.63) is 105 Å². The monoisotopic (exact) mass is 503 g/mol. The van der Waals surface area contributed by atoms with Crippen molar-refractivity contribution >= 4 is 40.2 Å². The van der Waals surface area contributed by atoms with E-state index < -0.39 is 0 Å². The summed E-state index contributed by atoms with van der Waals surface area (Å²) in [5, 5.41) is 4.24. The van der Waals surface area contributed by atoms with Crippen LogP contribution in [0.25, 0.3) is 17.0 Å². The zero-order valence-electron chi connectivity index (χ0n) is 19.8. The second-order valence-corrected chi connectivity index (χ2v) is 8.65. The van der Waals surface area contributed by atoms with Crippen LogP contribution in [0, 0.1) is 6.92 Å². The Hall–Kier alpha value is -4.03. The highest BCUT2D eigenvalue weighted by molar-refractivity contribution is 6.30. The van der Waals surface area contributed by atoms with Crippen molar-refractivity contribution in [3.8, 4) is 11.5 Å². The number of carbonyl (C=O) groups is 1. The van der Waals surface area contributed by atoms with Gasteiger partial charge in [-0.05, 0) is 79.4 Å². The summed E-state index contributed by atoms with van der Waals surface area (Å²) in [7, 11) is 0. The minimum absolute atomic E-state index is 0.233. The van der Waals surface area contributed by atoms with E-state index >= 15 is 0 Å². The first-order valence-corrected chi connectivity index (χ1v) is 12.0. The third kappa shape index (κ3) is 7.23. The molecule has 0 atom stereocenters.